The minimum Gasteiger partial charge on any atom is -0.218 e. The molecule has 9 heteroatoms. The van der Waals surface area contributed by atoms with Crippen molar-refractivity contribution in [3.8, 4) is 0 Å². The van der Waals surface area contributed by atoms with Gasteiger partial charge in [0, 0.05) is 10.8 Å². The molecule has 0 aliphatic heterocycles. The number of rotatable bonds is 4. The van der Waals surface area contributed by atoms with Crippen LogP contribution in [0.5, 0.6) is 0 Å². The summed E-state index contributed by atoms with van der Waals surface area (Å²) in [5.41, 5.74) is 0. The second-order valence-corrected chi connectivity index (χ2v) is 10.9. The average molecular weight is 377 g/mol. The summed E-state index contributed by atoms with van der Waals surface area (Å²) in [6, 6.07) is 6.19. The van der Waals surface area contributed by atoms with E-state index in [1.54, 1.807) is 22.9 Å². The topological polar surface area (TPSA) is 68.3 Å². The summed E-state index contributed by atoms with van der Waals surface area (Å²) in [5, 5.41) is 6.03. The largest absolute Gasteiger partial charge is 0.218 e. The number of sulfone groups is 2. The predicted molar refractivity (Wildman–Crippen MR) is 83.9 cm³/mol. The van der Waals surface area contributed by atoms with Crippen molar-refractivity contribution in [2.75, 3.05) is 0 Å². The summed E-state index contributed by atoms with van der Waals surface area (Å²) < 4.78 is 50.5. The Bertz CT molecular complexity index is 866. The molecule has 0 aliphatic carbocycles. The molecule has 0 saturated heterocycles. The highest BCUT2D eigenvalue weighted by Gasteiger charge is 2.31. The fourth-order valence-corrected chi connectivity index (χ4v) is 8.82. The van der Waals surface area contributed by atoms with Gasteiger partial charge in [-0.25, -0.2) is 16.8 Å². The van der Waals surface area contributed by atoms with Crippen LogP contribution >= 0.6 is 34.0 Å². The van der Waals surface area contributed by atoms with E-state index in [2.05, 4.69) is 0 Å². The van der Waals surface area contributed by atoms with Gasteiger partial charge >= 0.3 is 0 Å². The molecule has 3 rings (SSSR count). The highest BCUT2D eigenvalue weighted by Crippen LogP contribution is 2.36. The standard InChI is InChI=1S/C12H8O4S5/c13-20(14,11-3-1-5-18-11)9-7-17-8-10(9)21(15,16)12-4-2-6-19-12/h1-8H. The first-order chi connectivity index (χ1) is 9.94. The molecule has 0 amide bonds. The van der Waals surface area contributed by atoms with Crippen LogP contribution in [0.25, 0.3) is 0 Å². The maximum Gasteiger partial charge on any atom is 0.218 e. The van der Waals surface area contributed by atoms with Crippen LogP contribution in [-0.4, -0.2) is 16.8 Å². The normalized spacial score (nSPS) is 12.6. The molecule has 3 aromatic heterocycles. The van der Waals surface area contributed by atoms with Crippen LogP contribution in [0.1, 0.15) is 0 Å². The van der Waals surface area contributed by atoms with Crippen LogP contribution in [0.15, 0.2) is 64.0 Å². The van der Waals surface area contributed by atoms with E-state index >= 15 is 0 Å². The maximum absolute atomic E-state index is 12.5. The van der Waals surface area contributed by atoms with Gasteiger partial charge in [0.1, 0.15) is 18.2 Å². The minimum atomic E-state index is -3.80. The van der Waals surface area contributed by atoms with Crippen LogP contribution in [-0.2, 0) is 19.7 Å². The van der Waals surface area contributed by atoms with Crippen molar-refractivity contribution in [3.05, 3.63) is 45.8 Å². The van der Waals surface area contributed by atoms with Gasteiger partial charge in [0.25, 0.3) is 0 Å². The van der Waals surface area contributed by atoms with Crippen molar-refractivity contribution < 1.29 is 16.8 Å². The molecular formula is C12H8O4S5. The lowest BCUT2D eigenvalue weighted by atomic mass is 10.6. The van der Waals surface area contributed by atoms with Gasteiger partial charge < -0.3 is 0 Å². The van der Waals surface area contributed by atoms with Crippen molar-refractivity contribution in [3.63, 3.8) is 0 Å². The zero-order chi connectivity index (χ0) is 15.1. The molecule has 3 heterocycles. The Morgan fingerprint density at radius 3 is 1.48 bits per heavy atom. The molecule has 0 aliphatic rings. The molecule has 21 heavy (non-hydrogen) atoms. The van der Waals surface area contributed by atoms with Gasteiger partial charge in [-0.3, -0.25) is 0 Å². The molecule has 3 aromatic rings. The van der Waals surface area contributed by atoms with Crippen LogP contribution in [0.4, 0.5) is 0 Å². The Morgan fingerprint density at radius 1 is 0.714 bits per heavy atom. The quantitative estimate of drug-likeness (QED) is 0.698. The molecule has 0 spiro atoms. The molecule has 0 bridgehead atoms. The van der Waals surface area contributed by atoms with Crippen molar-refractivity contribution in [1.82, 2.24) is 0 Å². The van der Waals surface area contributed by atoms with Crippen LogP contribution in [0, 0.1) is 0 Å². The predicted octanol–water partition coefficient (Wildman–Crippen LogP) is 3.54. The van der Waals surface area contributed by atoms with E-state index in [9.17, 15) is 16.8 Å². The zero-order valence-electron chi connectivity index (χ0n) is 10.3. The van der Waals surface area contributed by atoms with E-state index in [0.29, 0.717) is 0 Å². The van der Waals surface area contributed by atoms with E-state index in [4.69, 9.17) is 0 Å². The Balaban J connectivity index is 2.20. The van der Waals surface area contributed by atoms with Crippen LogP contribution in [0.3, 0.4) is 0 Å². The molecule has 0 N–H and O–H groups in total. The smallest absolute Gasteiger partial charge is 0.218 e. The summed E-state index contributed by atoms with van der Waals surface area (Å²) >= 11 is 3.20. The Hall–Kier alpha value is -1.00. The first-order valence-corrected chi connectivity index (χ1v) is 11.2. The van der Waals surface area contributed by atoms with Gasteiger partial charge in [0.15, 0.2) is 0 Å². The van der Waals surface area contributed by atoms with E-state index < -0.39 is 19.7 Å². The molecule has 0 saturated carbocycles. The van der Waals surface area contributed by atoms with E-state index in [1.165, 1.54) is 22.9 Å². The summed E-state index contributed by atoms with van der Waals surface area (Å²) in [7, 11) is -7.61. The molecule has 0 radical (unpaired) electrons. The molecule has 0 fully saturated rings. The molecule has 0 atom stereocenters. The third kappa shape index (κ3) is 2.49. The fraction of sp³-hybridized carbons (Fsp3) is 0. The van der Waals surface area contributed by atoms with Gasteiger partial charge in [-0.15, -0.1) is 34.0 Å². The number of hydrogen-bond acceptors (Lipinski definition) is 7. The van der Waals surface area contributed by atoms with E-state index in [-0.39, 0.29) is 18.2 Å². The monoisotopic (exact) mass is 376 g/mol. The zero-order valence-corrected chi connectivity index (χ0v) is 14.4. The van der Waals surface area contributed by atoms with Gasteiger partial charge in [0.2, 0.25) is 19.7 Å². The lowest BCUT2D eigenvalue weighted by Gasteiger charge is -2.04. The third-order valence-corrected chi connectivity index (χ3v) is 10.2. The summed E-state index contributed by atoms with van der Waals surface area (Å²) in [6.07, 6.45) is 0. The maximum atomic E-state index is 12.5. The first kappa shape index (κ1) is 14.9. The average Bonchev–Trinajstić information content (AvgIpc) is 3.19. The molecular weight excluding hydrogens is 368 g/mol. The molecule has 0 aromatic carbocycles. The SMILES string of the molecule is O=S(=O)(c1cccs1)c1cscc1S(=O)(=O)c1cccs1. The van der Waals surface area contributed by atoms with Crippen molar-refractivity contribution >= 4 is 53.7 Å². The second-order valence-electron chi connectivity index (χ2n) is 3.97. The Kier molecular flexibility index (Phi) is 3.78. The van der Waals surface area contributed by atoms with Gasteiger partial charge in [-0.1, -0.05) is 12.1 Å². The summed E-state index contributed by atoms with van der Waals surface area (Å²) in [6.45, 7) is 0. The summed E-state index contributed by atoms with van der Waals surface area (Å²) in [4.78, 5) is -0.299. The van der Waals surface area contributed by atoms with Crippen molar-refractivity contribution in [2.45, 2.75) is 18.2 Å². The Morgan fingerprint density at radius 2 is 1.14 bits per heavy atom. The second kappa shape index (κ2) is 5.33. The fourth-order valence-electron chi connectivity index (χ4n) is 1.71. The lowest BCUT2D eigenvalue weighted by Crippen LogP contribution is -2.06. The Labute approximate surface area is 134 Å². The third-order valence-electron chi connectivity index (χ3n) is 2.69. The van der Waals surface area contributed by atoms with Crippen LogP contribution in [0.2, 0.25) is 0 Å². The van der Waals surface area contributed by atoms with Crippen molar-refractivity contribution in [2.24, 2.45) is 0 Å². The molecule has 110 valence electrons. The van der Waals surface area contributed by atoms with Crippen molar-refractivity contribution in [1.29, 1.82) is 0 Å². The van der Waals surface area contributed by atoms with E-state index in [1.807, 2.05) is 0 Å². The highest BCUT2D eigenvalue weighted by molar-refractivity contribution is 7.96. The highest BCUT2D eigenvalue weighted by atomic mass is 32.2. The minimum absolute atomic E-state index is 0.142. The first-order valence-electron chi connectivity index (χ1n) is 5.57. The number of hydrogen-bond donors (Lipinski definition) is 0. The summed E-state index contributed by atoms with van der Waals surface area (Å²) in [5.74, 6) is 0. The van der Waals surface area contributed by atoms with Gasteiger partial charge in [0.05, 0.1) is 0 Å². The van der Waals surface area contributed by atoms with Crippen LogP contribution < -0.4 is 0 Å². The molecule has 4 nitrogen and oxygen atoms in total. The van der Waals surface area contributed by atoms with E-state index in [0.717, 1.165) is 34.0 Å². The van der Waals surface area contributed by atoms with Gasteiger partial charge in [-0.2, -0.15) is 0 Å². The molecule has 0 unspecified atom stereocenters. The lowest BCUT2D eigenvalue weighted by molar-refractivity contribution is 0.586. The van der Waals surface area contributed by atoms with Gasteiger partial charge in [-0.05, 0) is 22.9 Å². The number of thiophene rings is 3.